The van der Waals surface area contributed by atoms with Gasteiger partial charge in [-0.2, -0.15) is 4.98 Å². The lowest BCUT2D eigenvalue weighted by molar-refractivity contribution is 0.181. The fourth-order valence-electron chi connectivity index (χ4n) is 2.64. The quantitative estimate of drug-likeness (QED) is 0.807. The lowest BCUT2D eigenvalue weighted by Crippen LogP contribution is -2.34. The van der Waals surface area contributed by atoms with E-state index in [-0.39, 0.29) is 28.7 Å². The Morgan fingerprint density at radius 2 is 2.00 bits per heavy atom. The Morgan fingerprint density at radius 1 is 1.35 bits per heavy atom. The highest BCUT2D eigenvalue weighted by Gasteiger charge is 2.39. The van der Waals surface area contributed by atoms with Crippen LogP contribution in [-0.2, 0) is 21.0 Å². The van der Waals surface area contributed by atoms with Crippen molar-refractivity contribution in [2.45, 2.75) is 58.1 Å². The van der Waals surface area contributed by atoms with Gasteiger partial charge < -0.3 is 4.52 Å². The van der Waals surface area contributed by atoms with Crippen molar-refractivity contribution < 1.29 is 12.9 Å². The maximum atomic E-state index is 11.9. The third-order valence-electron chi connectivity index (χ3n) is 4.10. The highest BCUT2D eigenvalue weighted by atomic mass is 32.2. The van der Waals surface area contributed by atoms with Crippen molar-refractivity contribution in [1.82, 2.24) is 10.1 Å². The maximum Gasteiger partial charge on any atom is 0.241 e. The molecule has 0 amide bonds. The van der Waals surface area contributed by atoms with E-state index in [4.69, 9.17) is 4.52 Å². The largest absolute Gasteiger partial charge is 0.338 e. The second kappa shape index (κ2) is 5.47. The fraction of sp³-hybridized carbons (Fsp3) is 0.857. The van der Waals surface area contributed by atoms with Gasteiger partial charge in [-0.25, -0.2) is 8.42 Å². The van der Waals surface area contributed by atoms with Gasteiger partial charge in [0.25, 0.3) is 0 Å². The molecule has 6 heteroatoms. The molecule has 114 valence electrons. The summed E-state index contributed by atoms with van der Waals surface area (Å²) in [5, 5.41) is 4.00. The minimum atomic E-state index is -3.17. The number of sulfone groups is 1. The first kappa shape index (κ1) is 15.5. The van der Waals surface area contributed by atoms with E-state index >= 15 is 0 Å². The zero-order chi connectivity index (χ0) is 15.0. The van der Waals surface area contributed by atoms with Crippen molar-refractivity contribution in [1.29, 1.82) is 0 Å². The molecule has 1 aliphatic carbocycles. The van der Waals surface area contributed by atoms with Crippen LogP contribution in [0.1, 0.15) is 58.7 Å². The van der Waals surface area contributed by atoms with Gasteiger partial charge in [0.2, 0.25) is 5.89 Å². The number of aromatic nitrogens is 2. The van der Waals surface area contributed by atoms with E-state index in [0.717, 1.165) is 0 Å². The van der Waals surface area contributed by atoms with Crippen LogP contribution in [0.3, 0.4) is 0 Å². The summed E-state index contributed by atoms with van der Waals surface area (Å²) in [6.45, 7) is 7.98. The molecule has 1 aromatic heterocycles. The van der Waals surface area contributed by atoms with Crippen molar-refractivity contribution in [2.75, 3.05) is 5.75 Å². The average Bonchev–Trinajstić information content (AvgIpc) is 2.59. The van der Waals surface area contributed by atoms with Crippen LogP contribution in [0, 0.1) is 11.8 Å². The second-order valence-corrected chi connectivity index (χ2v) is 8.92. The third-order valence-corrected chi connectivity index (χ3v) is 5.96. The molecule has 1 aromatic rings. The third kappa shape index (κ3) is 3.40. The number of hydrogen-bond acceptors (Lipinski definition) is 5. The Morgan fingerprint density at radius 3 is 2.50 bits per heavy atom. The van der Waals surface area contributed by atoms with Gasteiger partial charge in [-0.05, 0) is 24.7 Å². The molecule has 0 saturated heterocycles. The van der Waals surface area contributed by atoms with Crippen LogP contribution in [0.15, 0.2) is 4.52 Å². The normalized spacial score (nSPS) is 17.4. The van der Waals surface area contributed by atoms with E-state index < -0.39 is 9.84 Å². The summed E-state index contributed by atoms with van der Waals surface area (Å²) in [6.07, 6.45) is 3.62. The minimum Gasteiger partial charge on any atom is -0.338 e. The van der Waals surface area contributed by atoms with Crippen molar-refractivity contribution in [3.05, 3.63) is 11.7 Å². The smallest absolute Gasteiger partial charge is 0.241 e. The van der Waals surface area contributed by atoms with E-state index in [9.17, 15) is 8.42 Å². The Labute approximate surface area is 121 Å². The first-order chi connectivity index (χ1) is 9.21. The second-order valence-electron chi connectivity index (χ2n) is 6.81. The van der Waals surface area contributed by atoms with Crippen molar-refractivity contribution in [3.63, 3.8) is 0 Å². The van der Waals surface area contributed by atoms with Gasteiger partial charge >= 0.3 is 0 Å². The van der Waals surface area contributed by atoms with Crippen LogP contribution in [0.4, 0.5) is 0 Å². The van der Waals surface area contributed by atoms with Crippen LogP contribution in [0.5, 0.6) is 0 Å². The summed E-state index contributed by atoms with van der Waals surface area (Å²) in [5.41, 5.74) is -0.137. The zero-order valence-electron chi connectivity index (χ0n) is 12.7. The molecule has 5 nitrogen and oxygen atoms in total. The molecule has 1 fully saturated rings. The summed E-state index contributed by atoms with van der Waals surface area (Å²) in [6, 6.07) is 0. The van der Waals surface area contributed by atoms with Crippen LogP contribution < -0.4 is 0 Å². The predicted octanol–water partition coefficient (Wildman–Crippen LogP) is 2.72. The molecular weight excluding hydrogens is 276 g/mol. The molecule has 1 saturated carbocycles. The Bertz CT molecular complexity index is 557. The maximum absolute atomic E-state index is 11.9. The zero-order valence-corrected chi connectivity index (χ0v) is 13.5. The molecule has 0 N–H and O–H groups in total. The SMILES string of the molecule is CC(C)CS(=O)(=O)Cc1nc(C(C)(C)C2CCC2)no1. The molecule has 20 heavy (non-hydrogen) atoms. The summed E-state index contributed by atoms with van der Waals surface area (Å²) in [5.74, 6) is 1.52. The molecule has 1 aliphatic rings. The Balaban J connectivity index is 2.09. The molecule has 0 aromatic carbocycles. The van der Waals surface area contributed by atoms with E-state index in [2.05, 4.69) is 24.0 Å². The highest BCUT2D eigenvalue weighted by Crippen LogP contribution is 2.42. The van der Waals surface area contributed by atoms with Gasteiger partial charge in [0, 0.05) is 5.41 Å². The lowest BCUT2D eigenvalue weighted by Gasteiger charge is -2.37. The van der Waals surface area contributed by atoms with E-state index in [1.54, 1.807) is 0 Å². The van der Waals surface area contributed by atoms with Crippen LogP contribution in [0.2, 0.25) is 0 Å². The first-order valence-corrected chi connectivity index (χ1v) is 9.06. The minimum absolute atomic E-state index is 0.105. The summed E-state index contributed by atoms with van der Waals surface area (Å²) >= 11 is 0. The standard InChI is InChI=1S/C14H24N2O3S/c1-10(2)8-20(17,18)9-12-15-13(16-19-12)14(3,4)11-6-5-7-11/h10-11H,5-9H2,1-4H3. The average molecular weight is 300 g/mol. The highest BCUT2D eigenvalue weighted by molar-refractivity contribution is 7.90. The molecule has 0 atom stereocenters. The Kier molecular flexibility index (Phi) is 4.23. The topological polar surface area (TPSA) is 73.1 Å². The summed E-state index contributed by atoms with van der Waals surface area (Å²) in [4.78, 5) is 4.32. The molecule has 1 heterocycles. The van der Waals surface area contributed by atoms with Crippen LogP contribution in [-0.4, -0.2) is 24.3 Å². The molecule has 0 spiro atoms. The van der Waals surface area contributed by atoms with Gasteiger partial charge in [-0.3, -0.25) is 0 Å². The first-order valence-electron chi connectivity index (χ1n) is 7.24. The van der Waals surface area contributed by atoms with Crippen molar-refractivity contribution in [3.8, 4) is 0 Å². The van der Waals surface area contributed by atoms with Crippen LogP contribution >= 0.6 is 0 Å². The van der Waals surface area contributed by atoms with Gasteiger partial charge in [-0.15, -0.1) is 0 Å². The van der Waals surface area contributed by atoms with E-state index in [0.29, 0.717) is 11.7 Å². The number of nitrogens with zero attached hydrogens (tertiary/aromatic N) is 2. The molecule has 0 unspecified atom stereocenters. The molecule has 0 radical (unpaired) electrons. The van der Waals surface area contributed by atoms with Crippen molar-refractivity contribution in [2.24, 2.45) is 11.8 Å². The molecule has 2 rings (SSSR count). The molecule has 0 aliphatic heterocycles. The number of hydrogen-bond donors (Lipinski definition) is 0. The predicted molar refractivity (Wildman–Crippen MR) is 77.0 cm³/mol. The molecular formula is C14H24N2O3S. The van der Waals surface area contributed by atoms with Gasteiger partial charge in [-0.1, -0.05) is 39.3 Å². The number of rotatable bonds is 6. The monoisotopic (exact) mass is 300 g/mol. The Hall–Kier alpha value is -0.910. The van der Waals surface area contributed by atoms with Crippen molar-refractivity contribution >= 4 is 9.84 Å². The lowest BCUT2D eigenvalue weighted by atomic mass is 9.67. The fourth-order valence-corrected chi connectivity index (χ4v) is 4.27. The van der Waals surface area contributed by atoms with Gasteiger partial charge in [0.1, 0.15) is 5.75 Å². The van der Waals surface area contributed by atoms with Gasteiger partial charge in [0.05, 0.1) is 5.75 Å². The van der Waals surface area contributed by atoms with E-state index in [1.807, 2.05) is 13.8 Å². The summed E-state index contributed by atoms with van der Waals surface area (Å²) < 4.78 is 29.0. The van der Waals surface area contributed by atoms with E-state index in [1.165, 1.54) is 19.3 Å². The van der Waals surface area contributed by atoms with Crippen LogP contribution in [0.25, 0.3) is 0 Å². The van der Waals surface area contributed by atoms with Gasteiger partial charge in [0.15, 0.2) is 15.7 Å². The molecule has 0 bridgehead atoms. The summed E-state index contributed by atoms with van der Waals surface area (Å²) in [7, 11) is -3.17.